The molecule has 9 rings (SSSR count). The zero-order valence-electron chi connectivity index (χ0n) is 41.3. The van der Waals surface area contributed by atoms with Crippen molar-refractivity contribution in [1.29, 1.82) is 10.5 Å². The Hall–Kier alpha value is -6.88. The molecule has 0 N–H and O–H groups in total. The van der Waals surface area contributed by atoms with Crippen molar-refractivity contribution in [1.82, 2.24) is 9.13 Å². The maximum atomic E-state index is 10.9. The Morgan fingerprint density at radius 3 is 0.848 bits per heavy atom. The number of rotatable bonds is 4. The van der Waals surface area contributed by atoms with E-state index in [-0.39, 0.29) is 21.7 Å². The molecule has 4 nitrogen and oxygen atoms in total. The van der Waals surface area contributed by atoms with Gasteiger partial charge in [0.15, 0.2) is 0 Å². The number of aryl methyl sites for hydroxylation is 2. The van der Waals surface area contributed by atoms with Crippen molar-refractivity contribution in [3.63, 3.8) is 0 Å². The topological polar surface area (TPSA) is 57.4 Å². The molecule has 0 saturated carbocycles. The van der Waals surface area contributed by atoms with E-state index in [9.17, 15) is 10.5 Å². The van der Waals surface area contributed by atoms with E-state index in [1.165, 1.54) is 43.8 Å². The molecular weight excluding hydrogens is 801 g/mol. The van der Waals surface area contributed by atoms with Gasteiger partial charge >= 0.3 is 0 Å². The number of nitriles is 2. The molecule has 4 heteroatoms. The highest BCUT2D eigenvalue weighted by Crippen LogP contribution is 2.47. The minimum absolute atomic E-state index is 0.105. The van der Waals surface area contributed by atoms with Crippen LogP contribution in [0.3, 0.4) is 0 Å². The fourth-order valence-corrected chi connectivity index (χ4v) is 9.77. The Morgan fingerprint density at radius 2 is 0.606 bits per heavy atom. The van der Waals surface area contributed by atoms with Crippen molar-refractivity contribution in [2.75, 3.05) is 0 Å². The van der Waals surface area contributed by atoms with Crippen LogP contribution in [-0.2, 0) is 21.7 Å². The molecule has 0 radical (unpaired) electrons. The molecule has 0 aliphatic carbocycles. The molecule has 7 aromatic carbocycles. The van der Waals surface area contributed by atoms with E-state index in [1.807, 2.05) is 26.0 Å². The predicted molar refractivity (Wildman–Crippen MR) is 280 cm³/mol. The fourth-order valence-electron chi connectivity index (χ4n) is 9.77. The van der Waals surface area contributed by atoms with Crippen molar-refractivity contribution in [3.05, 3.63) is 166 Å². The third-order valence-corrected chi connectivity index (χ3v) is 13.8. The summed E-state index contributed by atoms with van der Waals surface area (Å²) in [4.78, 5) is 0. The summed E-state index contributed by atoms with van der Waals surface area (Å²) < 4.78 is 4.99. The van der Waals surface area contributed by atoms with E-state index >= 15 is 0 Å². The van der Waals surface area contributed by atoms with Crippen molar-refractivity contribution in [3.8, 4) is 45.8 Å². The predicted octanol–water partition coefficient (Wildman–Crippen LogP) is 16.8. The molecular formula is C62H62N4. The molecule has 0 spiro atoms. The van der Waals surface area contributed by atoms with Crippen molar-refractivity contribution in [2.24, 2.45) is 0 Å². The van der Waals surface area contributed by atoms with Crippen LogP contribution in [0, 0.1) is 36.5 Å². The van der Waals surface area contributed by atoms with E-state index < -0.39 is 0 Å². The Kier molecular flexibility index (Phi) is 10.3. The minimum atomic E-state index is -0.105. The summed E-state index contributed by atoms with van der Waals surface area (Å²) >= 11 is 0. The third-order valence-electron chi connectivity index (χ3n) is 13.8. The molecule has 0 saturated heterocycles. The normalized spacial score (nSPS) is 12.7. The Morgan fingerprint density at radius 1 is 0.333 bits per heavy atom. The van der Waals surface area contributed by atoms with Crippen LogP contribution >= 0.6 is 0 Å². The molecule has 330 valence electrons. The summed E-state index contributed by atoms with van der Waals surface area (Å²) in [7, 11) is 0. The van der Waals surface area contributed by atoms with Crippen molar-refractivity contribution < 1.29 is 0 Å². The molecule has 0 unspecified atom stereocenters. The zero-order chi connectivity index (χ0) is 47.4. The van der Waals surface area contributed by atoms with Gasteiger partial charge in [0.25, 0.3) is 0 Å². The molecule has 0 bridgehead atoms. The number of fused-ring (bicyclic) bond motifs is 6. The van der Waals surface area contributed by atoms with Gasteiger partial charge in [-0.1, -0.05) is 156 Å². The highest BCUT2D eigenvalue weighted by molar-refractivity contribution is 6.12. The first-order valence-corrected chi connectivity index (χ1v) is 23.4. The van der Waals surface area contributed by atoms with Gasteiger partial charge in [-0.2, -0.15) is 10.5 Å². The molecule has 2 aromatic heterocycles. The number of nitrogens with zero attached hydrogens (tertiary/aromatic N) is 4. The number of benzene rings is 7. The standard InChI is InChI=1S/C62H62N4/c1-37-15-21-45(39(27-37)35-63)51-33-57(65-53-29-41(59(3,4)5)17-23-47(53)48-24-18-42(30-54(48)65)60(6,7)8)58(34-52(51)46-22-16-38(2)28-40(46)36-64)66-55-31-43(61(9,10)11)19-25-49(55)50-26-20-44(32-56(50)66)62(12,13)14/h15-34H,1-14H3. The van der Waals surface area contributed by atoms with E-state index in [0.29, 0.717) is 11.1 Å². The van der Waals surface area contributed by atoms with Crippen LogP contribution in [0.4, 0.5) is 0 Å². The molecule has 0 aliphatic rings. The monoisotopic (exact) mass is 862 g/mol. The third kappa shape index (κ3) is 7.48. The van der Waals surface area contributed by atoms with Gasteiger partial charge in [-0.3, -0.25) is 0 Å². The maximum absolute atomic E-state index is 10.9. The van der Waals surface area contributed by atoms with Gasteiger partial charge < -0.3 is 9.13 Å². The van der Waals surface area contributed by atoms with E-state index in [0.717, 1.165) is 66.8 Å². The molecule has 0 fully saturated rings. The Bertz CT molecular complexity index is 3160. The zero-order valence-corrected chi connectivity index (χ0v) is 41.3. The summed E-state index contributed by atoms with van der Waals surface area (Å²) in [6.07, 6.45) is 0. The lowest BCUT2D eigenvalue weighted by atomic mass is 9.86. The molecule has 0 aliphatic heterocycles. The fraction of sp³-hybridized carbons (Fsp3) is 0.290. The number of hydrogen-bond acceptors (Lipinski definition) is 2. The number of hydrogen-bond donors (Lipinski definition) is 0. The lowest BCUT2D eigenvalue weighted by Crippen LogP contribution is -2.13. The Balaban J connectivity index is 1.59. The summed E-state index contributed by atoms with van der Waals surface area (Å²) in [6, 6.07) is 50.1. The second-order valence-corrected chi connectivity index (χ2v) is 22.8. The van der Waals surface area contributed by atoms with E-state index in [4.69, 9.17) is 0 Å². The van der Waals surface area contributed by atoms with Gasteiger partial charge in [0.1, 0.15) is 0 Å². The van der Waals surface area contributed by atoms with E-state index in [1.54, 1.807) is 0 Å². The first-order chi connectivity index (χ1) is 31.0. The first-order valence-electron chi connectivity index (χ1n) is 23.4. The molecule has 9 aromatic rings. The van der Waals surface area contributed by atoms with Gasteiger partial charge in [-0.15, -0.1) is 0 Å². The van der Waals surface area contributed by atoms with Crippen LogP contribution in [0.1, 0.15) is 128 Å². The molecule has 0 atom stereocenters. The SMILES string of the molecule is Cc1ccc(-c2cc(-n3c4cc(C(C)(C)C)ccc4c4ccc(C(C)(C)C)cc43)c(-n3c4cc(C(C)(C)C)ccc4c4ccc(C(C)(C)C)cc43)cc2-c2ccc(C)cc2C#N)c(C#N)c1. The highest BCUT2D eigenvalue weighted by Gasteiger charge is 2.28. The van der Waals surface area contributed by atoms with Crippen molar-refractivity contribution in [2.45, 2.75) is 119 Å². The first kappa shape index (κ1) is 44.3. The Labute approximate surface area is 391 Å². The maximum Gasteiger partial charge on any atom is 0.0998 e. The second kappa shape index (κ2) is 15.4. The summed E-state index contributed by atoms with van der Waals surface area (Å²) in [6.45, 7) is 31.4. The quantitative estimate of drug-likeness (QED) is 0.177. The van der Waals surface area contributed by atoms with Gasteiger partial charge in [-0.25, -0.2) is 0 Å². The van der Waals surface area contributed by atoms with E-state index in [2.05, 4.69) is 214 Å². The smallest absolute Gasteiger partial charge is 0.0998 e. The summed E-state index contributed by atoms with van der Waals surface area (Å²) in [5, 5.41) is 26.5. The van der Waals surface area contributed by atoms with Crippen LogP contribution in [-0.4, -0.2) is 9.13 Å². The van der Waals surface area contributed by atoms with Crippen molar-refractivity contribution >= 4 is 43.6 Å². The average molecular weight is 863 g/mol. The highest BCUT2D eigenvalue weighted by atomic mass is 15.1. The van der Waals surface area contributed by atoms with Gasteiger partial charge in [-0.05, 0) is 129 Å². The average Bonchev–Trinajstić information content (AvgIpc) is 3.76. The largest absolute Gasteiger partial charge is 0.307 e. The van der Waals surface area contributed by atoms with Crippen LogP contribution in [0.5, 0.6) is 0 Å². The minimum Gasteiger partial charge on any atom is -0.307 e. The van der Waals surface area contributed by atoms with Crippen LogP contribution in [0.2, 0.25) is 0 Å². The molecule has 66 heavy (non-hydrogen) atoms. The van der Waals surface area contributed by atoms with Crippen LogP contribution in [0.15, 0.2) is 121 Å². The van der Waals surface area contributed by atoms with Gasteiger partial charge in [0.2, 0.25) is 0 Å². The number of aromatic nitrogens is 2. The lowest BCUT2D eigenvalue weighted by Gasteiger charge is -2.25. The van der Waals surface area contributed by atoms with Crippen LogP contribution in [0.25, 0.3) is 77.2 Å². The van der Waals surface area contributed by atoms with Gasteiger partial charge in [0.05, 0.1) is 56.7 Å². The second-order valence-electron chi connectivity index (χ2n) is 22.8. The lowest BCUT2D eigenvalue weighted by molar-refractivity contribution is 0.590. The summed E-state index contributed by atoms with van der Waals surface area (Å²) in [5.41, 5.74) is 17.7. The molecule has 0 amide bonds. The van der Waals surface area contributed by atoms with Gasteiger partial charge in [0, 0.05) is 32.7 Å². The summed E-state index contributed by atoms with van der Waals surface area (Å²) in [5.74, 6) is 0. The van der Waals surface area contributed by atoms with Crippen LogP contribution < -0.4 is 0 Å². The molecule has 2 heterocycles.